The molecule has 0 fully saturated rings. The lowest BCUT2D eigenvalue weighted by atomic mass is 9.98. The van der Waals surface area contributed by atoms with E-state index in [4.69, 9.17) is 23.3 Å². The van der Waals surface area contributed by atoms with Gasteiger partial charge in [0.05, 0.1) is 30.5 Å². The summed E-state index contributed by atoms with van der Waals surface area (Å²) in [6, 6.07) is 37.4. The summed E-state index contributed by atoms with van der Waals surface area (Å²) in [5.41, 5.74) is 2.51. The Bertz CT molecular complexity index is 2220. The van der Waals surface area contributed by atoms with E-state index >= 15 is 0 Å². The van der Waals surface area contributed by atoms with Gasteiger partial charge in [0.1, 0.15) is 28.9 Å². The van der Waals surface area contributed by atoms with Gasteiger partial charge in [0.15, 0.2) is 18.1 Å². The van der Waals surface area contributed by atoms with Crippen LogP contribution in [0.25, 0.3) is 10.9 Å². The summed E-state index contributed by atoms with van der Waals surface area (Å²) in [5.74, 6) is -0.745. The molecule has 292 valence electrons. The molecule has 0 bridgehead atoms. The van der Waals surface area contributed by atoms with Gasteiger partial charge in [-0.1, -0.05) is 91.0 Å². The average molecular weight is 789 g/mol. The number of aldehydes is 1. The van der Waals surface area contributed by atoms with Crippen molar-refractivity contribution in [1.29, 1.82) is 0 Å². The summed E-state index contributed by atoms with van der Waals surface area (Å²) in [7, 11) is -0.185. The first kappa shape index (κ1) is 40.5. The van der Waals surface area contributed by atoms with E-state index < -0.39 is 38.3 Å². The van der Waals surface area contributed by atoms with E-state index in [9.17, 15) is 18.8 Å². The van der Waals surface area contributed by atoms with E-state index in [1.807, 2.05) is 78.9 Å². The number of nitrogens with zero attached hydrogens (tertiary/aromatic N) is 2. The molecule has 0 aliphatic heterocycles. The number of benzene rings is 5. The largest absolute Gasteiger partial charge is 0.491 e. The minimum absolute atomic E-state index is 0.0425. The molecular weight excluding hydrogens is 746 g/mol. The Labute approximate surface area is 332 Å². The molecule has 12 heteroatoms. The topological polar surface area (TPSA) is 113 Å². The highest BCUT2D eigenvalue weighted by Gasteiger charge is 2.32. The molecule has 0 aliphatic rings. The van der Waals surface area contributed by atoms with Crippen molar-refractivity contribution in [2.24, 2.45) is 0 Å². The van der Waals surface area contributed by atoms with Gasteiger partial charge in [-0.2, -0.15) is 0 Å². The van der Waals surface area contributed by atoms with Crippen LogP contribution in [0, 0.1) is 5.82 Å². The van der Waals surface area contributed by atoms with Gasteiger partial charge in [0, 0.05) is 25.2 Å². The number of aromatic nitrogens is 1. The Morgan fingerprint density at radius 1 is 0.842 bits per heavy atom. The van der Waals surface area contributed by atoms with Gasteiger partial charge >= 0.3 is 5.97 Å². The van der Waals surface area contributed by atoms with Crippen LogP contribution in [0.3, 0.4) is 0 Å². The molecule has 2 unspecified atom stereocenters. The van der Waals surface area contributed by atoms with Gasteiger partial charge < -0.3 is 28.2 Å². The molecular formula is C45H42FN2O8P. The van der Waals surface area contributed by atoms with Crippen LogP contribution in [-0.2, 0) is 20.6 Å². The first-order valence-corrected chi connectivity index (χ1v) is 19.8. The summed E-state index contributed by atoms with van der Waals surface area (Å²) < 4.78 is 44.5. The van der Waals surface area contributed by atoms with Gasteiger partial charge in [-0.05, 0) is 66.9 Å². The Morgan fingerprint density at radius 3 is 2.09 bits per heavy atom. The highest BCUT2D eigenvalue weighted by Crippen LogP contribution is 2.44. The molecule has 0 N–H and O–H groups in total. The fourth-order valence-corrected chi connectivity index (χ4v) is 7.39. The third-order valence-electron chi connectivity index (χ3n) is 8.83. The maximum Gasteiger partial charge on any atom is 0.335 e. The van der Waals surface area contributed by atoms with Gasteiger partial charge in [-0.25, -0.2) is 9.18 Å². The molecule has 0 radical (unpaired) electrons. The van der Waals surface area contributed by atoms with Crippen molar-refractivity contribution in [2.75, 3.05) is 26.4 Å². The van der Waals surface area contributed by atoms with E-state index in [1.54, 1.807) is 63.5 Å². The number of rotatable bonds is 18. The molecule has 2 atom stereocenters. The summed E-state index contributed by atoms with van der Waals surface area (Å²) in [4.78, 5) is 46.7. The monoisotopic (exact) mass is 788 g/mol. The van der Waals surface area contributed by atoms with E-state index in [2.05, 4.69) is 4.98 Å². The number of carbonyl (C=O) groups is 3. The van der Waals surface area contributed by atoms with Crippen molar-refractivity contribution < 1.29 is 42.0 Å². The lowest BCUT2D eigenvalue weighted by molar-refractivity contribution is -0.150. The number of halogens is 1. The highest BCUT2D eigenvalue weighted by atomic mass is 31.2. The second-order valence-electron chi connectivity index (χ2n) is 12.9. The maximum atomic E-state index is 14.7. The maximum absolute atomic E-state index is 14.7. The van der Waals surface area contributed by atoms with Crippen LogP contribution in [0.4, 0.5) is 4.39 Å². The molecule has 57 heavy (non-hydrogen) atoms. The Hall–Kier alpha value is -6.16. The molecule has 1 aromatic heterocycles. The number of fused-ring (bicyclic) bond motifs is 1. The van der Waals surface area contributed by atoms with Gasteiger partial charge in [0.2, 0.25) is 8.38 Å². The molecule has 0 spiro atoms. The van der Waals surface area contributed by atoms with Crippen LogP contribution in [0.5, 0.6) is 17.2 Å². The summed E-state index contributed by atoms with van der Waals surface area (Å²) in [6.45, 7) is 3.55. The van der Waals surface area contributed by atoms with Crippen molar-refractivity contribution in [3.8, 4) is 17.2 Å². The molecule has 6 aromatic rings. The Kier molecular flexibility index (Phi) is 13.9. The van der Waals surface area contributed by atoms with Gasteiger partial charge in [0.25, 0.3) is 5.91 Å². The lowest BCUT2D eigenvalue weighted by Crippen LogP contribution is -2.28. The van der Waals surface area contributed by atoms with Crippen LogP contribution in [0.15, 0.2) is 134 Å². The van der Waals surface area contributed by atoms with Crippen LogP contribution < -0.4 is 14.0 Å². The van der Waals surface area contributed by atoms with Crippen LogP contribution in [0.1, 0.15) is 57.4 Å². The zero-order chi connectivity index (χ0) is 40.1. The van der Waals surface area contributed by atoms with E-state index in [-0.39, 0.29) is 48.5 Å². The molecule has 1 amide bonds. The van der Waals surface area contributed by atoms with Gasteiger partial charge in [-0.3, -0.25) is 14.6 Å². The fraction of sp³-hybridized carbons (Fsp3) is 0.200. The zero-order valence-electron chi connectivity index (χ0n) is 31.7. The summed E-state index contributed by atoms with van der Waals surface area (Å²) in [6.07, 6.45) is 0.709. The van der Waals surface area contributed by atoms with Gasteiger partial charge in [-0.15, -0.1) is 0 Å². The van der Waals surface area contributed by atoms with Crippen LogP contribution in [-0.4, -0.2) is 60.6 Å². The third-order valence-corrected chi connectivity index (χ3v) is 10.3. The first-order valence-electron chi connectivity index (χ1n) is 18.4. The molecule has 0 saturated heterocycles. The van der Waals surface area contributed by atoms with Crippen molar-refractivity contribution in [3.05, 3.63) is 167 Å². The SMILES string of the molecule is CCOC(=O)C(C)OP(CCOc1c(C(=O)N(C)Cc2ccc(F)cc2)c(C=O)c(OC(c2ccccc2)c2ccccc2)c2ncccc12)Oc1ccccc1. The number of esters is 1. The number of ether oxygens (including phenoxy) is 3. The summed E-state index contributed by atoms with van der Waals surface area (Å²) in [5, 5.41) is 0.422. The minimum Gasteiger partial charge on any atom is -0.491 e. The minimum atomic E-state index is -1.77. The highest BCUT2D eigenvalue weighted by molar-refractivity contribution is 7.47. The number of pyridine rings is 1. The number of carbonyl (C=O) groups excluding carboxylic acids is 3. The first-order chi connectivity index (χ1) is 27.8. The predicted octanol–water partition coefficient (Wildman–Crippen LogP) is 9.36. The quantitative estimate of drug-likeness (QED) is 0.0478. The fourth-order valence-electron chi connectivity index (χ4n) is 6.11. The number of amides is 1. The number of hydrogen-bond acceptors (Lipinski definition) is 9. The molecule has 5 aromatic carbocycles. The molecule has 1 heterocycles. The van der Waals surface area contributed by atoms with Crippen molar-refractivity contribution in [2.45, 2.75) is 32.6 Å². The van der Waals surface area contributed by atoms with Crippen LogP contribution in [0.2, 0.25) is 0 Å². The Balaban J connectivity index is 1.43. The van der Waals surface area contributed by atoms with Crippen LogP contribution >= 0.6 is 8.38 Å². The normalized spacial score (nSPS) is 12.1. The average Bonchev–Trinajstić information content (AvgIpc) is 3.24. The molecule has 6 rings (SSSR count). The number of para-hydroxylation sites is 1. The third kappa shape index (κ3) is 10.2. The Morgan fingerprint density at radius 2 is 1.47 bits per heavy atom. The van der Waals surface area contributed by atoms with Crippen molar-refractivity contribution in [3.63, 3.8) is 0 Å². The van der Waals surface area contributed by atoms with E-state index in [1.165, 1.54) is 17.0 Å². The zero-order valence-corrected chi connectivity index (χ0v) is 32.6. The molecule has 10 nitrogen and oxygen atoms in total. The van der Waals surface area contributed by atoms with Crippen molar-refractivity contribution in [1.82, 2.24) is 9.88 Å². The standard InChI is InChI=1S/C45H42FN2O8P/c1-4-52-45(51)31(2)55-57(56-36-19-12-7-13-20-36)28-27-53-42-37-21-14-26-47-40(37)43(54-41(33-15-8-5-9-16-33)34-17-10-6-11-18-34)38(30-49)39(42)44(50)48(3)29-32-22-24-35(46)25-23-32/h5-26,30-31,41H,4,27-29H2,1-3H3. The molecule has 0 saturated carbocycles. The second-order valence-corrected chi connectivity index (χ2v) is 14.4. The smallest absolute Gasteiger partial charge is 0.335 e. The molecule has 0 aliphatic carbocycles. The van der Waals surface area contributed by atoms with E-state index in [0.29, 0.717) is 28.5 Å². The number of hydrogen-bond donors (Lipinski definition) is 0. The predicted molar refractivity (Wildman–Crippen MR) is 216 cm³/mol. The lowest BCUT2D eigenvalue weighted by Gasteiger charge is -2.26. The second kappa shape index (κ2) is 19.6. The summed E-state index contributed by atoms with van der Waals surface area (Å²) >= 11 is 0. The van der Waals surface area contributed by atoms with E-state index in [0.717, 1.165) is 11.1 Å². The van der Waals surface area contributed by atoms with Crippen molar-refractivity contribution >= 4 is 37.4 Å².